The van der Waals surface area contributed by atoms with Gasteiger partial charge in [-0.1, -0.05) is 0 Å². The van der Waals surface area contributed by atoms with Crippen molar-refractivity contribution >= 4 is 6.09 Å². The van der Waals surface area contributed by atoms with Crippen LogP contribution in [-0.2, 0) is 10.9 Å². The van der Waals surface area contributed by atoms with Crippen molar-refractivity contribution in [3.8, 4) is 0 Å². The summed E-state index contributed by atoms with van der Waals surface area (Å²) in [6, 6.07) is 0. The maximum absolute atomic E-state index is 12.3. The van der Waals surface area contributed by atoms with Crippen LogP contribution in [0.3, 0.4) is 0 Å². The third-order valence-corrected chi connectivity index (χ3v) is 2.49. The van der Waals surface area contributed by atoms with Gasteiger partial charge in [-0.3, -0.25) is 0 Å². The Kier molecular flexibility index (Phi) is 5.89. The molecule has 0 saturated carbocycles. The van der Waals surface area contributed by atoms with E-state index in [1.807, 2.05) is 0 Å². The number of aliphatic hydroxyl groups is 2. The van der Waals surface area contributed by atoms with Crippen molar-refractivity contribution in [2.24, 2.45) is 0 Å². The van der Waals surface area contributed by atoms with Gasteiger partial charge < -0.3 is 20.3 Å². The number of halogens is 3. The number of aliphatic hydroxyl groups excluding tert-OH is 2. The van der Waals surface area contributed by atoms with Crippen molar-refractivity contribution in [1.82, 2.24) is 15.3 Å². The highest BCUT2D eigenvalue weighted by Crippen LogP contribution is 2.26. The van der Waals surface area contributed by atoms with E-state index in [2.05, 4.69) is 15.3 Å². The zero-order valence-corrected chi connectivity index (χ0v) is 12.8. The van der Waals surface area contributed by atoms with Gasteiger partial charge in [0, 0.05) is 24.5 Å². The van der Waals surface area contributed by atoms with Crippen LogP contribution in [0.5, 0.6) is 0 Å². The monoisotopic (exact) mass is 337 g/mol. The third kappa shape index (κ3) is 6.37. The second-order valence-electron chi connectivity index (χ2n) is 5.73. The summed E-state index contributed by atoms with van der Waals surface area (Å²) in [4.78, 5) is 17.6. The van der Waals surface area contributed by atoms with E-state index >= 15 is 0 Å². The van der Waals surface area contributed by atoms with Crippen molar-refractivity contribution in [3.63, 3.8) is 0 Å². The van der Waals surface area contributed by atoms with Crippen molar-refractivity contribution < 1.29 is 32.9 Å². The van der Waals surface area contributed by atoms with Crippen LogP contribution in [0.2, 0.25) is 0 Å². The normalized spacial score (nSPS) is 15.0. The Bertz CT molecular complexity index is 529. The molecule has 1 amide bonds. The zero-order valence-electron chi connectivity index (χ0n) is 12.8. The van der Waals surface area contributed by atoms with Crippen molar-refractivity contribution in [2.45, 2.75) is 44.8 Å². The fourth-order valence-corrected chi connectivity index (χ4v) is 1.47. The van der Waals surface area contributed by atoms with Gasteiger partial charge in [0.15, 0.2) is 0 Å². The second kappa shape index (κ2) is 7.09. The number of hydrogen-bond donors (Lipinski definition) is 3. The number of ether oxygens (including phenoxy) is 1. The average Bonchev–Trinajstić information content (AvgIpc) is 2.41. The molecule has 1 rings (SSSR count). The largest absolute Gasteiger partial charge is 0.451 e. The highest BCUT2D eigenvalue weighted by atomic mass is 19.4. The lowest BCUT2D eigenvalue weighted by molar-refractivity contribution is -0.145. The molecule has 1 heterocycles. The van der Waals surface area contributed by atoms with E-state index in [4.69, 9.17) is 4.74 Å². The molecule has 0 radical (unpaired) electrons. The molecule has 7 nitrogen and oxygen atoms in total. The van der Waals surface area contributed by atoms with Gasteiger partial charge in [-0.2, -0.15) is 13.2 Å². The summed E-state index contributed by atoms with van der Waals surface area (Å²) in [7, 11) is 0. The molecule has 1 aromatic rings. The van der Waals surface area contributed by atoms with E-state index in [0.29, 0.717) is 0 Å². The van der Waals surface area contributed by atoms with Gasteiger partial charge in [0.1, 0.15) is 17.8 Å². The van der Waals surface area contributed by atoms with E-state index in [1.54, 1.807) is 20.8 Å². The van der Waals surface area contributed by atoms with Crippen molar-refractivity contribution in [1.29, 1.82) is 0 Å². The molecule has 0 saturated heterocycles. The van der Waals surface area contributed by atoms with Crippen LogP contribution in [0.15, 0.2) is 12.4 Å². The summed E-state index contributed by atoms with van der Waals surface area (Å²) >= 11 is 0. The minimum atomic E-state index is -4.69. The standard InChI is InChI=1S/C13H18F3N3O4/c1-12(2,3)23-11(22)19-6-8(20)9(21)7-4-17-10(18-5-7)13(14,15)16/h4-5,8-9,20-21H,6H2,1-3H3,(H,19,22). The summed E-state index contributed by atoms with van der Waals surface area (Å²) < 4.78 is 41.9. The molecule has 0 bridgehead atoms. The maximum Gasteiger partial charge on any atom is 0.451 e. The number of alkyl halides is 3. The number of aromatic nitrogens is 2. The Hall–Kier alpha value is -1.94. The number of rotatable bonds is 4. The number of carbonyl (C=O) groups is 1. The topological polar surface area (TPSA) is 105 Å². The molecule has 0 aromatic carbocycles. The molecular weight excluding hydrogens is 319 g/mol. The Labute approximate surface area is 130 Å². The molecular formula is C13H18F3N3O4. The minimum absolute atomic E-state index is 0.114. The molecule has 23 heavy (non-hydrogen) atoms. The molecule has 0 spiro atoms. The number of alkyl carbamates (subject to hydrolysis) is 1. The first-order valence-corrected chi connectivity index (χ1v) is 6.62. The lowest BCUT2D eigenvalue weighted by Gasteiger charge is -2.22. The van der Waals surface area contributed by atoms with E-state index in [-0.39, 0.29) is 12.1 Å². The summed E-state index contributed by atoms with van der Waals surface area (Å²) in [5, 5.41) is 21.8. The molecule has 0 aliphatic heterocycles. The van der Waals surface area contributed by atoms with Crippen LogP contribution in [-0.4, -0.2) is 44.5 Å². The van der Waals surface area contributed by atoms with Gasteiger partial charge in [0.2, 0.25) is 5.82 Å². The predicted molar refractivity (Wildman–Crippen MR) is 72.2 cm³/mol. The summed E-state index contributed by atoms with van der Waals surface area (Å²) in [6.45, 7) is 4.59. The van der Waals surface area contributed by atoms with Crippen LogP contribution in [0.1, 0.15) is 38.3 Å². The van der Waals surface area contributed by atoms with Crippen molar-refractivity contribution in [3.05, 3.63) is 23.8 Å². The Morgan fingerprint density at radius 3 is 2.22 bits per heavy atom. The van der Waals surface area contributed by atoms with Gasteiger partial charge in [-0.05, 0) is 20.8 Å². The van der Waals surface area contributed by atoms with Gasteiger partial charge in [-0.15, -0.1) is 0 Å². The first-order chi connectivity index (χ1) is 10.4. The first-order valence-electron chi connectivity index (χ1n) is 6.62. The molecule has 3 N–H and O–H groups in total. The molecule has 0 aliphatic carbocycles. The first kappa shape index (κ1) is 19.1. The Morgan fingerprint density at radius 1 is 1.26 bits per heavy atom. The summed E-state index contributed by atoms with van der Waals surface area (Å²) in [5.41, 5.74) is -0.842. The number of nitrogens with zero attached hydrogens (tertiary/aromatic N) is 2. The fourth-order valence-electron chi connectivity index (χ4n) is 1.47. The van der Waals surface area contributed by atoms with Crippen LogP contribution >= 0.6 is 0 Å². The summed E-state index contributed by atoms with van der Waals surface area (Å²) in [5.74, 6) is -1.35. The van der Waals surface area contributed by atoms with E-state index < -0.39 is 35.9 Å². The molecule has 130 valence electrons. The maximum atomic E-state index is 12.3. The van der Waals surface area contributed by atoms with Crippen LogP contribution in [0, 0.1) is 0 Å². The number of amides is 1. The number of nitrogens with one attached hydrogen (secondary N) is 1. The van der Waals surface area contributed by atoms with Gasteiger partial charge >= 0.3 is 12.3 Å². The molecule has 10 heteroatoms. The predicted octanol–water partition coefficient (Wildman–Crippen LogP) is 1.41. The Balaban J connectivity index is 2.60. The molecule has 1 aromatic heterocycles. The molecule has 0 aliphatic rings. The lowest BCUT2D eigenvalue weighted by Crippen LogP contribution is -2.38. The second-order valence-corrected chi connectivity index (χ2v) is 5.73. The van der Waals surface area contributed by atoms with E-state index in [9.17, 15) is 28.2 Å². The van der Waals surface area contributed by atoms with Gasteiger partial charge in [-0.25, -0.2) is 14.8 Å². The molecule has 2 atom stereocenters. The smallest absolute Gasteiger partial charge is 0.444 e. The van der Waals surface area contributed by atoms with Crippen LogP contribution in [0.4, 0.5) is 18.0 Å². The lowest BCUT2D eigenvalue weighted by atomic mass is 10.1. The minimum Gasteiger partial charge on any atom is -0.444 e. The number of hydrogen-bond acceptors (Lipinski definition) is 6. The fraction of sp³-hybridized carbons (Fsp3) is 0.615. The van der Waals surface area contributed by atoms with Gasteiger partial charge in [0.05, 0.1) is 0 Å². The van der Waals surface area contributed by atoms with Crippen LogP contribution in [0.25, 0.3) is 0 Å². The van der Waals surface area contributed by atoms with Crippen LogP contribution < -0.4 is 5.32 Å². The Morgan fingerprint density at radius 2 is 1.78 bits per heavy atom. The quantitative estimate of drug-likeness (QED) is 0.767. The van der Waals surface area contributed by atoms with E-state index in [0.717, 1.165) is 12.4 Å². The van der Waals surface area contributed by atoms with Gasteiger partial charge in [0.25, 0.3) is 0 Å². The average molecular weight is 337 g/mol. The highest BCUT2D eigenvalue weighted by molar-refractivity contribution is 5.67. The molecule has 0 fully saturated rings. The van der Waals surface area contributed by atoms with Crippen molar-refractivity contribution in [2.75, 3.05) is 6.54 Å². The van der Waals surface area contributed by atoms with E-state index in [1.165, 1.54) is 0 Å². The highest BCUT2D eigenvalue weighted by Gasteiger charge is 2.34. The zero-order chi connectivity index (χ0) is 17.8. The number of carbonyl (C=O) groups excluding carboxylic acids is 1. The summed E-state index contributed by atoms with van der Waals surface area (Å²) in [6.07, 6.45) is -7.00. The SMILES string of the molecule is CC(C)(C)OC(=O)NCC(O)C(O)c1cnc(C(F)(F)F)nc1. The molecule has 2 unspecified atom stereocenters. The third-order valence-electron chi connectivity index (χ3n) is 2.49.